The number of nitrogen functional groups attached to an aromatic ring is 1. The Labute approximate surface area is 93.9 Å². The molecule has 2 N–H and O–H groups in total. The number of nitrogens with two attached hydrogens (primary N) is 1. The van der Waals surface area contributed by atoms with Crippen molar-refractivity contribution >= 4 is 39.4 Å². The molecular weight excluding hydrogens is 293 g/mol. The van der Waals surface area contributed by atoms with Crippen molar-refractivity contribution in [3.63, 3.8) is 0 Å². The van der Waals surface area contributed by atoms with Crippen LogP contribution >= 0.6 is 22.6 Å². The third-order valence-corrected chi connectivity index (χ3v) is 3.12. The van der Waals surface area contributed by atoms with Gasteiger partial charge >= 0.3 is 0 Å². The zero-order chi connectivity index (χ0) is 9.71. The van der Waals surface area contributed by atoms with Gasteiger partial charge in [0.05, 0.1) is 11.4 Å². The molecule has 2 aromatic heterocycles. The van der Waals surface area contributed by atoms with Gasteiger partial charge in [0.1, 0.15) is 15.8 Å². The van der Waals surface area contributed by atoms with Gasteiger partial charge in [-0.2, -0.15) is 5.10 Å². The predicted molar refractivity (Wildman–Crippen MR) is 60.7 cm³/mol. The summed E-state index contributed by atoms with van der Waals surface area (Å²) < 4.78 is 2.86. The summed E-state index contributed by atoms with van der Waals surface area (Å²) >= 11 is 2.17. The molecule has 0 atom stereocenters. The molecule has 6 heteroatoms. The molecular formula is C8H8IN5. The minimum Gasteiger partial charge on any atom is -0.383 e. The fraction of sp³-hybridized carbons (Fsp3) is 0.375. The average molecular weight is 301 g/mol. The van der Waals surface area contributed by atoms with Crippen LogP contribution in [-0.4, -0.2) is 19.7 Å². The van der Waals surface area contributed by atoms with Crippen LogP contribution in [0, 0.1) is 3.70 Å². The van der Waals surface area contributed by atoms with Gasteiger partial charge < -0.3 is 5.73 Å². The van der Waals surface area contributed by atoms with E-state index < -0.39 is 0 Å². The van der Waals surface area contributed by atoms with Gasteiger partial charge in [-0.05, 0) is 35.4 Å². The molecule has 0 saturated heterocycles. The van der Waals surface area contributed by atoms with E-state index in [-0.39, 0.29) is 0 Å². The monoisotopic (exact) mass is 301 g/mol. The summed E-state index contributed by atoms with van der Waals surface area (Å²) in [5.74, 6) is 0.520. The standard InChI is InChI=1S/C8H8IN5/c9-6-5-7(10)11-3-12-8(5)14(13-6)4-1-2-4/h3-4H,1-2H2,(H2,10,11,12). The minimum absolute atomic E-state index is 0.520. The highest BCUT2D eigenvalue weighted by molar-refractivity contribution is 14.1. The number of nitrogens with zero attached hydrogens (tertiary/aromatic N) is 4. The fourth-order valence-electron chi connectivity index (χ4n) is 1.53. The second-order valence-corrected chi connectivity index (χ2v) is 4.45. The minimum atomic E-state index is 0.520. The first-order chi connectivity index (χ1) is 6.77. The van der Waals surface area contributed by atoms with Crippen molar-refractivity contribution in [3.8, 4) is 0 Å². The van der Waals surface area contributed by atoms with Crippen LogP contribution in [0.3, 0.4) is 0 Å². The number of hydrogen-bond donors (Lipinski definition) is 1. The summed E-state index contributed by atoms with van der Waals surface area (Å²) in [4.78, 5) is 8.20. The molecule has 0 amide bonds. The first kappa shape index (κ1) is 8.39. The molecule has 0 radical (unpaired) electrons. The zero-order valence-corrected chi connectivity index (χ0v) is 9.47. The van der Waals surface area contributed by atoms with E-state index in [4.69, 9.17) is 5.73 Å². The van der Waals surface area contributed by atoms with Gasteiger partial charge in [-0.3, -0.25) is 0 Å². The molecule has 5 nitrogen and oxygen atoms in total. The lowest BCUT2D eigenvalue weighted by atomic mass is 10.4. The third-order valence-electron chi connectivity index (χ3n) is 2.37. The molecule has 14 heavy (non-hydrogen) atoms. The van der Waals surface area contributed by atoms with E-state index in [0.717, 1.165) is 14.7 Å². The summed E-state index contributed by atoms with van der Waals surface area (Å²) in [7, 11) is 0. The van der Waals surface area contributed by atoms with E-state index in [9.17, 15) is 0 Å². The van der Waals surface area contributed by atoms with Crippen LogP contribution in [0.15, 0.2) is 6.33 Å². The number of fused-ring (bicyclic) bond motifs is 1. The first-order valence-corrected chi connectivity index (χ1v) is 5.49. The molecule has 1 fully saturated rings. The van der Waals surface area contributed by atoms with Gasteiger partial charge in [0, 0.05) is 0 Å². The summed E-state index contributed by atoms with van der Waals surface area (Å²) in [5.41, 5.74) is 6.65. The topological polar surface area (TPSA) is 69.6 Å². The largest absolute Gasteiger partial charge is 0.383 e. The van der Waals surface area contributed by atoms with Gasteiger partial charge in [0.25, 0.3) is 0 Å². The van der Waals surface area contributed by atoms with E-state index >= 15 is 0 Å². The highest BCUT2D eigenvalue weighted by Gasteiger charge is 2.28. The lowest BCUT2D eigenvalue weighted by Crippen LogP contribution is -1.98. The van der Waals surface area contributed by atoms with Crippen LogP contribution in [0.1, 0.15) is 18.9 Å². The number of aromatic nitrogens is 4. The molecule has 0 bridgehead atoms. The second kappa shape index (κ2) is 2.78. The Bertz CT molecular complexity index is 502. The molecule has 2 aromatic rings. The van der Waals surface area contributed by atoms with Gasteiger partial charge in [0.15, 0.2) is 5.65 Å². The Morgan fingerprint density at radius 2 is 2.21 bits per heavy atom. The third kappa shape index (κ3) is 1.09. The summed E-state index contributed by atoms with van der Waals surface area (Å²) in [5, 5.41) is 5.32. The quantitative estimate of drug-likeness (QED) is 0.807. The van der Waals surface area contributed by atoms with Crippen molar-refractivity contribution in [2.75, 3.05) is 5.73 Å². The summed E-state index contributed by atoms with van der Waals surface area (Å²) in [6.07, 6.45) is 3.88. The molecule has 1 saturated carbocycles. The molecule has 3 rings (SSSR count). The number of anilines is 1. The maximum absolute atomic E-state index is 5.78. The second-order valence-electron chi connectivity index (χ2n) is 3.42. The number of hydrogen-bond acceptors (Lipinski definition) is 4. The number of rotatable bonds is 1. The Hall–Kier alpha value is -0.920. The van der Waals surface area contributed by atoms with Crippen molar-refractivity contribution in [1.82, 2.24) is 19.7 Å². The summed E-state index contributed by atoms with van der Waals surface area (Å²) in [6, 6.07) is 0.523. The molecule has 2 heterocycles. The van der Waals surface area contributed by atoms with Crippen LogP contribution in [0.25, 0.3) is 11.0 Å². The Kier molecular flexibility index (Phi) is 1.67. The molecule has 1 aliphatic carbocycles. The highest BCUT2D eigenvalue weighted by Crippen LogP contribution is 2.37. The van der Waals surface area contributed by atoms with E-state index in [1.807, 2.05) is 4.68 Å². The van der Waals surface area contributed by atoms with E-state index in [1.165, 1.54) is 19.2 Å². The Morgan fingerprint density at radius 3 is 2.93 bits per heavy atom. The van der Waals surface area contributed by atoms with Gasteiger partial charge in [0.2, 0.25) is 0 Å². The van der Waals surface area contributed by atoms with Crippen LogP contribution in [0.2, 0.25) is 0 Å². The lowest BCUT2D eigenvalue weighted by Gasteiger charge is -1.98. The molecule has 0 spiro atoms. The highest BCUT2D eigenvalue weighted by atomic mass is 127. The van der Waals surface area contributed by atoms with Crippen molar-refractivity contribution in [2.24, 2.45) is 0 Å². The Morgan fingerprint density at radius 1 is 1.43 bits per heavy atom. The number of halogens is 1. The summed E-state index contributed by atoms with van der Waals surface area (Å²) in [6.45, 7) is 0. The van der Waals surface area contributed by atoms with Crippen molar-refractivity contribution < 1.29 is 0 Å². The first-order valence-electron chi connectivity index (χ1n) is 4.41. The SMILES string of the molecule is Nc1ncnc2c1c(I)nn2C1CC1. The van der Waals surface area contributed by atoms with E-state index in [1.54, 1.807) is 0 Å². The Balaban J connectivity index is 2.37. The van der Waals surface area contributed by atoms with Gasteiger partial charge in [-0.25, -0.2) is 14.6 Å². The molecule has 0 aromatic carbocycles. The molecule has 72 valence electrons. The maximum atomic E-state index is 5.78. The van der Waals surface area contributed by atoms with Gasteiger partial charge in [-0.1, -0.05) is 0 Å². The van der Waals surface area contributed by atoms with E-state index in [2.05, 4.69) is 37.7 Å². The molecule has 0 unspecified atom stereocenters. The maximum Gasteiger partial charge on any atom is 0.164 e. The van der Waals surface area contributed by atoms with Crippen LogP contribution in [-0.2, 0) is 0 Å². The smallest absolute Gasteiger partial charge is 0.164 e. The zero-order valence-electron chi connectivity index (χ0n) is 7.31. The van der Waals surface area contributed by atoms with Crippen molar-refractivity contribution in [2.45, 2.75) is 18.9 Å². The predicted octanol–water partition coefficient (Wildman–Crippen LogP) is 1.35. The van der Waals surface area contributed by atoms with E-state index in [0.29, 0.717) is 11.9 Å². The molecule has 0 aliphatic heterocycles. The van der Waals surface area contributed by atoms with Crippen molar-refractivity contribution in [3.05, 3.63) is 10.0 Å². The molecule has 1 aliphatic rings. The van der Waals surface area contributed by atoms with Crippen LogP contribution in [0.4, 0.5) is 5.82 Å². The lowest BCUT2D eigenvalue weighted by molar-refractivity contribution is 0.653. The van der Waals surface area contributed by atoms with Gasteiger partial charge in [-0.15, -0.1) is 0 Å². The fourth-order valence-corrected chi connectivity index (χ4v) is 2.28. The van der Waals surface area contributed by atoms with Crippen molar-refractivity contribution in [1.29, 1.82) is 0 Å². The average Bonchev–Trinajstić information content (AvgIpc) is 2.93. The van der Waals surface area contributed by atoms with Crippen LogP contribution in [0.5, 0.6) is 0 Å². The van der Waals surface area contributed by atoms with Crippen LogP contribution < -0.4 is 5.73 Å². The normalized spacial score (nSPS) is 16.4.